The first-order chi connectivity index (χ1) is 8.97. The number of nitrogens with one attached hydrogen (secondary N) is 1. The number of thioether (sulfide) groups is 1. The predicted octanol–water partition coefficient (Wildman–Crippen LogP) is 4.40. The molecule has 5 heteroatoms. The zero-order chi connectivity index (χ0) is 14.0. The van der Waals surface area contributed by atoms with Crippen LogP contribution in [0.15, 0.2) is 29.2 Å². The van der Waals surface area contributed by atoms with Gasteiger partial charge >= 0.3 is 0 Å². The molecule has 0 atom stereocenters. The molecule has 0 aliphatic rings. The van der Waals surface area contributed by atoms with Gasteiger partial charge in [0.05, 0.1) is 10.8 Å². The average molecular weight is 298 g/mol. The first-order valence-electron chi connectivity index (χ1n) is 5.74. The third kappa shape index (κ3) is 3.39. The lowest BCUT2D eigenvalue weighted by atomic mass is 10.2. The zero-order valence-electron chi connectivity index (χ0n) is 10.6. The number of rotatable bonds is 4. The maximum absolute atomic E-state index is 13.0. The van der Waals surface area contributed by atoms with E-state index in [2.05, 4.69) is 4.98 Å². The molecule has 2 aromatic rings. The van der Waals surface area contributed by atoms with Crippen LogP contribution in [0.1, 0.15) is 21.7 Å². The second kappa shape index (κ2) is 5.80. The van der Waals surface area contributed by atoms with E-state index in [1.165, 1.54) is 23.9 Å². The van der Waals surface area contributed by atoms with Crippen LogP contribution in [0.4, 0.5) is 4.39 Å². The van der Waals surface area contributed by atoms with Gasteiger partial charge in [0, 0.05) is 21.8 Å². The van der Waals surface area contributed by atoms with Gasteiger partial charge in [0.15, 0.2) is 5.78 Å². The molecule has 1 N–H and O–H groups in total. The number of aromatic nitrogens is 1. The van der Waals surface area contributed by atoms with Gasteiger partial charge in [-0.2, -0.15) is 0 Å². The molecule has 19 heavy (non-hydrogen) atoms. The molecule has 1 heterocycles. The van der Waals surface area contributed by atoms with E-state index in [1.54, 1.807) is 6.07 Å². The Bertz CT molecular complexity index is 624. The Morgan fingerprint density at radius 2 is 2.11 bits per heavy atom. The molecule has 0 bridgehead atoms. The van der Waals surface area contributed by atoms with Crippen LogP contribution in [-0.2, 0) is 0 Å². The number of carbonyl (C=O) groups excluding carboxylic acids is 1. The number of hydrogen-bond acceptors (Lipinski definition) is 2. The molecule has 0 aliphatic carbocycles. The summed E-state index contributed by atoms with van der Waals surface area (Å²) in [6.07, 6.45) is 0. The van der Waals surface area contributed by atoms with Crippen molar-refractivity contribution < 1.29 is 9.18 Å². The SMILES string of the molecule is Cc1cc(C(=O)CSc2ccc(F)c(Cl)c2)c(C)[nH]1. The lowest BCUT2D eigenvalue weighted by molar-refractivity contribution is 0.102. The molecule has 100 valence electrons. The van der Waals surface area contributed by atoms with E-state index in [0.717, 1.165) is 16.3 Å². The van der Waals surface area contributed by atoms with Gasteiger partial charge in [0.25, 0.3) is 0 Å². The molecular formula is C14H13ClFNOS. The average Bonchev–Trinajstić information content (AvgIpc) is 2.70. The molecular weight excluding hydrogens is 285 g/mol. The van der Waals surface area contributed by atoms with Crippen LogP contribution in [0.2, 0.25) is 5.02 Å². The first-order valence-corrected chi connectivity index (χ1v) is 7.11. The summed E-state index contributed by atoms with van der Waals surface area (Å²) in [6.45, 7) is 3.79. The molecule has 0 unspecified atom stereocenters. The molecule has 0 spiro atoms. The zero-order valence-corrected chi connectivity index (χ0v) is 12.2. The number of ketones is 1. The fourth-order valence-electron chi connectivity index (χ4n) is 1.81. The van der Waals surface area contributed by atoms with Gasteiger partial charge in [-0.1, -0.05) is 11.6 Å². The molecule has 1 aromatic carbocycles. The summed E-state index contributed by atoms with van der Waals surface area (Å²) in [4.78, 5) is 15.9. The Hall–Kier alpha value is -1.26. The van der Waals surface area contributed by atoms with Gasteiger partial charge in [0.1, 0.15) is 5.82 Å². The molecule has 0 saturated carbocycles. The number of halogens is 2. The molecule has 1 aromatic heterocycles. The number of aromatic amines is 1. The lowest BCUT2D eigenvalue weighted by Crippen LogP contribution is -2.02. The van der Waals surface area contributed by atoms with Crippen LogP contribution < -0.4 is 0 Å². The van der Waals surface area contributed by atoms with Crippen molar-refractivity contribution >= 4 is 29.1 Å². The van der Waals surface area contributed by atoms with Crippen molar-refractivity contribution in [2.24, 2.45) is 0 Å². The maximum atomic E-state index is 13.0. The van der Waals surface area contributed by atoms with Gasteiger partial charge in [0.2, 0.25) is 0 Å². The number of aryl methyl sites for hydroxylation is 2. The minimum Gasteiger partial charge on any atom is -0.362 e. The van der Waals surface area contributed by atoms with Crippen LogP contribution >= 0.6 is 23.4 Å². The first kappa shape index (κ1) is 14.2. The third-order valence-corrected chi connectivity index (χ3v) is 3.99. The van der Waals surface area contributed by atoms with Gasteiger partial charge in [-0.05, 0) is 38.1 Å². The third-order valence-electron chi connectivity index (χ3n) is 2.71. The predicted molar refractivity (Wildman–Crippen MR) is 76.7 cm³/mol. The van der Waals surface area contributed by atoms with E-state index >= 15 is 0 Å². The van der Waals surface area contributed by atoms with Crippen molar-refractivity contribution in [1.82, 2.24) is 4.98 Å². The van der Waals surface area contributed by atoms with Crippen molar-refractivity contribution in [1.29, 1.82) is 0 Å². The second-order valence-electron chi connectivity index (χ2n) is 4.28. The van der Waals surface area contributed by atoms with Crippen LogP contribution in [0.3, 0.4) is 0 Å². The summed E-state index contributed by atoms with van der Waals surface area (Å²) in [6, 6.07) is 6.30. The highest BCUT2D eigenvalue weighted by Gasteiger charge is 2.12. The van der Waals surface area contributed by atoms with Gasteiger partial charge in [-0.15, -0.1) is 11.8 Å². The lowest BCUT2D eigenvalue weighted by Gasteiger charge is -2.02. The molecule has 2 nitrogen and oxygen atoms in total. The van der Waals surface area contributed by atoms with Crippen LogP contribution in [-0.4, -0.2) is 16.5 Å². The van der Waals surface area contributed by atoms with Crippen molar-refractivity contribution in [3.8, 4) is 0 Å². The summed E-state index contributed by atoms with van der Waals surface area (Å²) in [5.74, 6) is -0.0955. The summed E-state index contributed by atoms with van der Waals surface area (Å²) < 4.78 is 13.0. The largest absolute Gasteiger partial charge is 0.362 e. The normalized spacial score (nSPS) is 10.7. The highest BCUT2D eigenvalue weighted by molar-refractivity contribution is 8.00. The van der Waals surface area contributed by atoms with Gasteiger partial charge in [-0.25, -0.2) is 4.39 Å². The molecule has 0 fully saturated rings. The van der Waals surface area contributed by atoms with E-state index in [9.17, 15) is 9.18 Å². The summed E-state index contributed by atoms with van der Waals surface area (Å²) >= 11 is 7.05. The molecule has 2 rings (SSSR count). The summed E-state index contributed by atoms with van der Waals surface area (Å²) in [5.41, 5.74) is 2.55. The minimum atomic E-state index is -0.450. The minimum absolute atomic E-state index is 0.0484. The molecule has 0 radical (unpaired) electrons. The van der Waals surface area contributed by atoms with E-state index in [1.807, 2.05) is 19.9 Å². The Balaban J connectivity index is 2.04. The van der Waals surface area contributed by atoms with Crippen molar-refractivity contribution in [3.05, 3.63) is 52.1 Å². The van der Waals surface area contributed by atoms with Crippen LogP contribution in [0.25, 0.3) is 0 Å². The number of carbonyl (C=O) groups is 1. The molecule has 0 aliphatic heterocycles. The van der Waals surface area contributed by atoms with E-state index in [0.29, 0.717) is 11.3 Å². The monoisotopic (exact) mass is 297 g/mol. The van der Waals surface area contributed by atoms with Gasteiger partial charge < -0.3 is 4.98 Å². The topological polar surface area (TPSA) is 32.9 Å². The fourth-order valence-corrected chi connectivity index (χ4v) is 2.87. The highest BCUT2D eigenvalue weighted by atomic mass is 35.5. The van der Waals surface area contributed by atoms with Crippen LogP contribution in [0.5, 0.6) is 0 Å². The van der Waals surface area contributed by atoms with Gasteiger partial charge in [-0.3, -0.25) is 4.79 Å². The van der Waals surface area contributed by atoms with E-state index < -0.39 is 5.82 Å². The fraction of sp³-hybridized carbons (Fsp3) is 0.214. The van der Waals surface area contributed by atoms with Crippen molar-refractivity contribution in [2.45, 2.75) is 18.7 Å². The van der Waals surface area contributed by atoms with E-state index in [4.69, 9.17) is 11.6 Å². The maximum Gasteiger partial charge on any atom is 0.174 e. The number of hydrogen-bond donors (Lipinski definition) is 1. The molecule has 0 amide bonds. The standard InChI is InChI=1S/C14H13ClFNOS/c1-8-5-11(9(2)17-8)14(18)7-19-10-3-4-13(16)12(15)6-10/h3-6,17H,7H2,1-2H3. The smallest absolute Gasteiger partial charge is 0.174 e. The number of Topliss-reactive ketones (excluding diaryl/α,β-unsaturated/α-hetero) is 1. The van der Waals surface area contributed by atoms with E-state index in [-0.39, 0.29) is 10.8 Å². The van der Waals surface area contributed by atoms with Crippen molar-refractivity contribution in [3.63, 3.8) is 0 Å². The van der Waals surface area contributed by atoms with Crippen LogP contribution in [0, 0.1) is 19.7 Å². The Morgan fingerprint density at radius 1 is 1.37 bits per heavy atom. The second-order valence-corrected chi connectivity index (χ2v) is 5.73. The number of H-pyrrole nitrogens is 1. The quantitative estimate of drug-likeness (QED) is 0.670. The molecule has 0 saturated heterocycles. The summed E-state index contributed by atoms with van der Waals surface area (Å²) in [7, 11) is 0. The Kier molecular flexibility index (Phi) is 4.32. The highest BCUT2D eigenvalue weighted by Crippen LogP contribution is 2.25. The van der Waals surface area contributed by atoms with Crippen molar-refractivity contribution in [2.75, 3.05) is 5.75 Å². The number of benzene rings is 1. The Morgan fingerprint density at radius 3 is 2.68 bits per heavy atom. The summed E-state index contributed by atoms with van der Waals surface area (Å²) in [5, 5.41) is 0.0751. The Labute approximate surface area is 120 Å².